The SMILES string of the molecule is CC(C)(C)c1c[nH]c(=S)n1CC1(C2CC2)CC1. The van der Waals surface area contributed by atoms with Crippen molar-refractivity contribution in [1.82, 2.24) is 9.55 Å². The van der Waals surface area contributed by atoms with Crippen molar-refractivity contribution >= 4 is 12.2 Å². The summed E-state index contributed by atoms with van der Waals surface area (Å²) in [7, 11) is 0. The van der Waals surface area contributed by atoms with E-state index < -0.39 is 0 Å². The molecule has 17 heavy (non-hydrogen) atoms. The van der Waals surface area contributed by atoms with E-state index in [1.54, 1.807) is 0 Å². The van der Waals surface area contributed by atoms with Gasteiger partial charge in [-0.15, -0.1) is 0 Å². The standard InChI is InChI=1S/C14H22N2S/c1-13(2,3)11-8-15-12(17)16(11)9-14(6-7-14)10-4-5-10/h8,10H,4-7,9H2,1-3H3,(H,15,17). The van der Waals surface area contributed by atoms with Gasteiger partial charge in [0.2, 0.25) is 0 Å². The quantitative estimate of drug-likeness (QED) is 0.803. The smallest absolute Gasteiger partial charge is 0.177 e. The van der Waals surface area contributed by atoms with Crippen molar-refractivity contribution in [3.63, 3.8) is 0 Å². The second kappa shape index (κ2) is 3.47. The molecule has 2 aliphatic rings. The number of nitrogens with one attached hydrogen (secondary N) is 1. The Hall–Kier alpha value is -0.570. The normalized spacial score (nSPS) is 22.8. The number of imidazole rings is 1. The van der Waals surface area contributed by atoms with Crippen molar-refractivity contribution in [2.45, 2.75) is 58.4 Å². The predicted octanol–water partition coefficient (Wildman–Crippen LogP) is 4.03. The van der Waals surface area contributed by atoms with Gasteiger partial charge in [-0.25, -0.2) is 0 Å². The summed E-state index contributed by atoms with van der Waals surface area (Å²) in [6.07, 6.45) is 7.82. The summed E-state index contributed by atoms with van der Waals surface area (Å²) < 4.78 is 3.27. The molecule has 0 spiro atoms. The van der Waals surface area contributed by atoms with Gasteiger partial charge in [0.1, 0.15) is 0 Å². The van der Waals surface area contributed by atoms with Gasteiger partial charge in [0.25, 0.3) is 0 Å². The maximum absolute atomic E-state index is 5.45. The first-order valence-corrected chi connectivity index (χ1v) is 7.12. The van der Waals surface area contributed by atoms with Gasteiger partial charge in [-0.05, 0) is 49.2 Å². The fourth-order valence-electron chi connectivity index (χ4n) is 3.04. The first-order chi connectivity index (χ1) is 7.92. The fourth-order valence-corrected chi connectivity index (χ4v) is 3.26. The number of H-pyrrole nitrogens is 1. The Kier molecular flexibility index (Phi) is 2.35. The van der Waals surface area contributed by atoms with E-state index >= 15 is 0 Å². The van der Waals surface area contributed by atoms with E-state index in [0.29, 0.717) is 5.41 Å². The Labute approximate surface area is 108 Å². The average Bonchev–Trinajstić information content (AvgIpc) is 3.08. The number of aromatic nitrogens is 2. The lowest BCUT2D eigenvalue weighted by Gasteiger charge is -2.24. The lowest BCUT2D eigenvalue weighted by atomic mass is 9.92. The van der Waals surface area contributed by atoms with Crippen LogP contribution in [-0.4, -0.2) is 9.55 Å². The molecule has 0 amide bonds. The molecule has 3 rings (SSSR count). The van der Waals surface area contributed by atoms with Gasteiger partial charge in [-0.1, -0.05) is 20.8 Å². The fraction of sp³-hybridized carbons (Fsp3) is 0.786. The lowest BCUT2D eigenvalue weighted by Crippen LogP contribution is -2.22. The summed E-state index contributed by atoms with van der Waals surface area (Å²) in [6.45, 7) is 7.93. The zero-order chi connectivity index (χ0) is 12.3. The van der Waals surface area contributed by atoms with Gasteiger partial charge in [0, 0.05) is 23.9 Å². The molecule has 1 aromatic heterocycles. The molecule has 1 heterocycles. The number of aromatic amines is 1. The lowest BCUT2D eigenvalue weighted by molar-refractivity contribution is 0.351. The number of nitrogens with zero attached hydrogens (tertiary/aromatic N) is 1. The molecule has 0 atom stereocenters. The Morgan fingerprint density at radius 3 is 2.53 bits per heavy atom. The van der Waals surface area contributed by atoms with Crippen LogP contribution in [0.1, 0.15) is 52.1 Å². The molecule has 0 bridgehead atoms. The van der Waals surface area contributed by atoms with Gasteiger partial charge >= 0.3 is 0 Å². The maximum Gasteiger partial charge on any atom is 0.177 e. The summed E-state index contributed by atoms with van der Waals surface area (Å²) in [5.74, 6) is 0.993. The van der Waals surface area contributed by atoms with Gasteiger partial charge in [0.15, 0.2) is 4.77 Å². The van der Waals surface area contributed by atoms with Crippen LogP contribution in [0.5, 0.6) is 0 Å². The van der Waals surface area contributed by atoms with Crippen molar-refractivity contribution in [2.75, 3.05) is 0 Å². The van der Waals surface area contributed by atoms with Crippen LogP contribution in [0.3, 0.4) is 0 Å². The number of rotatable bonds is 3. The third-order valence-electron chi connectivity index (χ3n) is 4.45. The molecule has 0 radical (unpaired) electrons. The zero-order valence-corrected chi connectivity index (χ0v) is 11.9. The van der Waals surface area contributed by atoms with E-state index in [4.69, 9.17) is 12.2 Å². The van der Waals surface area contributed by atoms with Crippen molar-refractivity contribution in [3.8, 4) is 0 Å². The Morgan fingerprint density at radius 1 is 1.41 bits per heavy atom. The number of hydrogen-bond donors (Lipinski definition) is 1. The van der Waals surface area contributed by atoms with Crippen LogP contribution in [-0.2, 0) is 12.0 Å². The molecule has 1 N–H and O–H groups in total. The predicted molar refractivity (Wildman–Crippen MR) is 72.7 cm³/mol. The topological polar surface area (TPSA) is 20.7 Å². The summed E-state index contributed by atoms with van der Waals surface area (Å²) >= 11 is 5.45. The highest BCUT2D eigenvalue weighted by molar-refractivity contribution is 7.71. The summed E-state index contributed by atoms with van der Waals surface area (Å²) in [6, 6.07) is 0. The van der Waals surface area contributed by atoms with E-state index in [1.807, 2.05) is 0 Å². The van der Waals surface area contributed by atoms with Gasteiger partial charge in [0.05, 0.1) is 0 Å². The minimum absolute atomic E-state index is 0.174. The van der Waals surface area contributed by atoms with Crippen LogP contribution in [0, 0.1) is 16.1 Å². The highest BCUT2D eigenvalue weighted by atomic mass is 32.1. The van der Waals surface area contributed by atoms with Crippen LogP contribution >= 0.6 is 12.2 Å². The van der Waals surface area contributed by atoms with Crippen LogP contribution in [0.25, 0.3) is 0 Å². The van der Waals surface area contributed by atoms with Crippen molar-refractivity contribution in [2.24, 2.45) is 11.3 Å². The molecule has 0 aliphatic heterocycles. The highest BCUT2D eigenvalue weighted by Gasteiger charge is 2.54. The first kappa shape index (κ1) is 11.5. The molecule has 94 valence electrons. The first-order valence-electron chi connectivity index (χ1n) is 6.71. The van der Waals surface area contributed by atoms with Gasteiger partial charge in [-0.2, -0.15) is 0 Å². The third-order valence-corrected chi connectivity index (χ3v) is 4.78. The van der Waals surface area contributed by atoms with E-state index in [9.17, 15) is 0 Å². The monoisotopic (exact) mass is 250 g/mol. The van der Waals surface area contributed by atoms with E-state index in [0.717, 1.165) is 17.2 Å². The van der Waals surface area contributed by atoms with Crippen LogP contribution in [0.2, 0.25) is 0 Å². The Morgan fingerprint density at radius 2 is 2.06 bits per heavy atom. The molecule has 2 aliphatic carbocycles. The Balaban J connectivity index is 1.92. The molecule has 0 saturated heterocycles. The largest absolute Gasteiger partial charge is 0.337 e. The average molecular weight is 250 g/mol. The van der Waals surface area contributed by atoms with E-state index in [-0.39, 0.29) is 5.41 Å². The maximum atomic E-state index is 5.45. The highest BCUT2D eigenvalue weighted by Crippen LogP contribution is 2.62. The molecule has 0 aromatic carbocycles. The van der Waals surface area contributed by atoms with E-state index in [1.165, 1.54) is 31.4 Å². The zero-order valence-electron chi connectivity index (χ0n) is 11.0. The summed E-state index contributed by atoms with van der Waals surface area (Å²) in [5.41, 5.74) is 2.14. The van der Waals surface area contributed by atoms with E-state index in [2.05, 4.69) is 36.5 Å². The molecular formula is C14H22N2S. The molecular weight excluding hydrogens is 228 g/mol. The van der Waals surface area contributed by atoms with Crippen molar-refractivity contribution < 1.29 is 0 Å². The Bertz CT molecular complexity index is 481. The second-order valence-corrected chi connectivity index (χ2v) is 7.34. The molecule has 2 nitrogen and oxygen atoms in total. The minimum atomic E-state index is 0.174. The van der Waals surface area contributed by atoms with Gasteiger partial charge in [-0.3, -0.25) is 0 Å². The molecule has 0 unspecified atom stereocenters. The molecule has 1 aromatic rings. The third kappa shape index (κ3) is 1.99. The molecule has 2 saturated carbocycles. The number of hydrogen-bond acceptors (Lipinski definition) is 1. The van der Waals surface area contributed by atoms with Crippen molar-refractivity contribution in [1.29, 1.82) is 0 Å². The minimum Gasteiger partial charge on any atom is -0.337 e. The van der Waals surface area contributed by atoms with Crippen LogP contribution in [0.4, 0.5) is 0 Å². The van der Waals surface area contributed by atoms with Gasteiger partial charge < -0.3 is 9.55 Å². The van der Waals surface area contributed by atoms with Crippen molar-refractivity contribution in [3.05, 3.63) is 16.7 Å². The summed E-state index contributed by atoms with van der Waals surface area (Å²) in [5, 5.41) is 0. The second-order valence-electron chi connectivity index (χ2n) is 6.95. The molecule has 3 heteroatoms. The molecule has 2 fully saturated rings. The summed E-state index contributed by atoms with van der Waals surface area (Å²) in [4.78, 5) is 3.23. The van der Waals surface area contributed by atoms with Crippen LogP contribution < -0.4 is 0 Å². The van der Waals surface area contributed by atoms with Crippen LogP contribution in [0.15, 0.2) is 6.20 Å².